The lowest BCUT2D eigenvalue weighted by atomic mass is 10.0. The number of nitrogens with zero attached hydrogens (tertiary/aromatic N) is 1. The van der Waals surface area contributed by atoms with E-state index in [0.717, 1.165) is 16.0 Å². The van der Waals surface area contributed by atoms with Gasteiger partial charge in [-0.05, 0) is 11.6 Å². The molecule has 0 saturated heterocycles. The third-order valence-electron chi connectivity index (χ3n) is 3.50. The van der Waals surface area contributed by atoms with Crippen molar-refractivity contribution in [2.24, 2.45) is 4.99 Å². The van der Waals surface area contributed by atoms with Crippen molar-refractivity contribution in [2.75, 3.05) is 0 Å². The fourth-order valence-corrected chi connectivity index (χ4v) is 3.35. The van der Waals surface area contributed by atoms with Crippen molar-refractivity contribution >= 4 is 38.9 Å². The predicted octanol–water partition coefficient (Wildman–Crippen LogP) is 6.43. The molecule has 1 atom stereocenters. The molecule has 1 heterocycles. The summed E-state index contributed by atoms with van der Waals surface area (Å²) in [6, 6.07) is 18.5. The minimum Gasteiger partial charge on any atom is -0.308 e. The topological polar surface area (TPSA) is 36.2 Å². The van der Waals surface area contributed by atoms with Crippen molar-refractivity contribution in [1.82, 2.24) is 0 Å². The number of fused-ring (bicyclic) bond motifs is 1. The number of benzene rings is 2. The van der Waals surface area contributed by atoms with E-state index in [1.54, 1.807) is 11.3 Å². The van der Waals surface area contributed by atoms with Gasteiger partial charge in [-0.25, -0.2) is 4.99 Å². The number of aliphatic imine (C=N–C) groups is 1. The van der Waals surface area contributed by atoms with Crippen molar-refractivity contribution in [2.45, 2.75) is 26.7 Å². The molecule has 3 rings (SSSR count). The average molecular weight is 322 g/mol. The second-order valence-electron chi connectivity index (χ2n) is 4.94. The fourth-order valence-electron chi connectivity index (χ4n) is 2.31. The Hall–Kier alpha value is -2.26. The molecule has 0 aliphatic heterocycles. The van der Waals surface area contributed by atoms with Crippen LogP contribution >= 0.6 is 11.3 Å². The summed E-state index contributed by atoms with van der Waals surface area (Å²) in [5.74, 6) is 0.259. The van der Waals surface area contributed by atoms with E-state index in [1.165, 1.54) is 16.5 Å². The van der Waals surface area contributed by atoms with Crippen LogP contribution in [0.15, 0.2) is 59.6 Å². The predicted molar refractivity (Wildman–Crippen MR) is 104 cm³/mol. The van der Waals surface area contributed by atoms with E-state index in [1.807, 2.05) is 56.5 Å². The van der Waals surface area contributed by atoms with Gasteiger partial charge in [0.25, 0.3) is 0 Å². The molecular formula is C20H22N2S. The SMILES string of the molecule is CC.CC(/C=N\c1sc2ccccc2c1C=N)c1ccccc1. The first-order valence-corrected chi connectivity index (χ1v) is 8.72. The Kier molecular flexibility index (Phi) is 6.24. The van der Waals surface area contributed by atoms with Gasteiger partial charge >= 0.3 is 0 Å². The quantitative estimate of drug-likeness (QED) is 0.537. The van der Waals surface area contributed by atoms with Crippen LogP contribution in [0.5, 0.6) is 0 Å². The second-order valence-corrected chi connectivity index (χ2v) is 5.97. The Labute approximate surface area is 142 Å². The van der Waals surface area contributed by atoms with E-state index in [4.69, 9.17) is 5.41 Å². The normalized spacial score (nSPS) is 12.0. The molecule has 0 aliphatic rings. The lowest BCUT2D eigenvalue weighted by Crippen LogP contribution is -1.93. The zero-order chi connectivity index (χ0) is 16.7. The number of hydrogen-bond donors (Lipinski definition) is 1. The van der Waals surface area contributed by atoms with Crippen LogP contribution in [0.25, 0.3) is 10.1 Å². The molecule has 2 nitrogen and oxygen atoms in total. The van der Waals surface area contributed by atoms with E-state index >= 15 is 0 Å². The molecular weight excluding hydrogens is 300 g/mol. The first-order chi connectivity index (χ1) is 11.3. The van der Waals surface area contributed by atoms with Crippen LogP contribution in [-0.2, 0) is 0 Å². The van der Waals surface area contributed by atoms with E-state index in [0.29, 0.717) is 0 Å². The zero-order valence-electron chi connectivity index (χ0n) is 13.8. The van der Waals surface area contributed by atoms with Crippen LogP contribution in [0.3, 0.4) is 0 Å². The van der Waals surface area contributed by atoms with Gasteiger partial charge in [-0.15, -0.1) is 11.3 Å². The number of rotatable bonds is 4. The first-order valence-electron chi connectivity index (χ1n) is 7.90. The third-order valence-corrected chi connectivity index (χ3v) is 4.59. The lowest BCUT2D eigenvalue weighted by Gasteiger charge is -2.04. The van der Waals surface area contributed by atoms with Gasteiger partial charge in [0.2, 0.25) is 0 Å². The van der Waals surface area contributed by atoms with Crippen molar-refractivity contribution in [3.8, 4) is 0 Å². The maximum Gasteiger partial charge on any atom is 0.125 e. The van der Waals surface area contributed by atoms with Crippen molar-refractivity contribution in [3.05, 3.63) is 65.7 Å². The average Bonchev–Trinajstić information content (AvgIpc) is 2.99. The summed E-state index contributed by atoms with van der Waals surface area (Å²) >= 11 is 1.64. The summed E-state index contributed by atoms with van der Waals surface area (Å²) in [6.07, 6.45) is 3.37. The Bertz CT molecular complexity index is 788. The molecule has 0 bridgehead atoms. The monoisotopic (exact) mass is 322 g/mol. The van der Waals surface area contributed by atoms with Crippen molar-refractivity contribution in [1.29, 1.82) is 5.41 Å². The van der Waals surface area contributed by atoms with E-state index in [9.17, 15) is 0 Å². The van der Waals surface area contributed by atoms with Crippen molar-refractivity contribution in [3.63, 3.8) is 0 Å². The van der Waals surface area contributed by atoms with Gasteiger partial charge in [0, 0.05) is 34.0 Å². The molecule has 1 N–H and O–H groups in total. The highest BCUT2D eigenvalue weighted by Gasteiger charge is 2.09. The summed E-state index contributed by atoms with van der Waals surface area (Å²) in [7, 11) is 0. The Morgan fingerprint density at radius 1 is 1.00 bits per heavy atom. The molecule has 0 amide bonds. The molecule has 2 aromatic carbocycles. The van der Waals surface area contributed by atoms with Crippen LogP contribution in [0, 0.1) is 5.41 Å². The molecule has 1 aromatic heterocycles. The Balaban J connectivity index is 0.000000924. The number of hydrogen-bond acceptors (Lipinski definition) is 3. The molecule has 1 unspecified atom stereocenters. The third kappa shape index (κ3) is 3.93. The van der Waals surface area contributed by atoms with Crippen LogP contribution < -0.4 is 0 Å². The summed E-state index contributed by atoms with van der Waals surface area (Å²) in [5.41, 5.74) is 2.16. The highest BCUT2D eigenvalue weighted by molar-refractivity contribution is 7.23. The second kappa shape index (κ2) is 8.39. The van der Waals surface area contributed by atoms with Gasteiger partial charge in [0.15, 0.2) is 0 Å². The van der Waals surface area contributed by atoms with Crippen LogP contribution in [-0.4, -0.2) is 12.4 Å². The van der Waals surface area contributed by atoms with Gasteiger partial charge in [0.1, 0.15) is 5.00 Å². The van der Waals surface area contributed by atoms with Crippen LogP contribution in [0.4, 0.5) is 5.00 Å². The zero-order valence-corrected chi connectivity index (χ0v) is 14.6. The largest absolute Gasteiger partial charge is 0.308 e. The summed E-state index contributed by atoms with van der Waals surface area (Å²) in [5, 5.41) is 9.66. The molecule has 0 spiro atoms. The summed E-state index contributed by atoms with van der Waals surface area (Å²) in [4.78, 5) is 4.63. The molecule has 3 heteroatoms. The van der Waals surface area contributed by atoms with Crippen molar-refractivity contribution < 1.29 is 0 Å². The highest BCUT2D eigenvalue weighted by atomic mass is 32.1. The van der Waals surface area contributed by atoms with Gasteiger partial charge < -0.3 is 5.41 Å². The van der Waals surface area contributed by atoms with Crippen LogP contribution in [0.1, 0.15) is 37.8 Å². The molecule has 0 saturated carbocycles. The fraction of sp³-hybridized carbons (Fsp3) is 0.200. The molecule has 118 valence electrons. The summed E-state index contributed by atoms with van der Waals surface area (Å²) < 4.78 is 1.18. The molecule has 0 aliphatic carbocycles. The van der Waals surface area contributed by atoms with Crippen LogP contribution in [0.2, 0.25) is 0 Å². The first kappa shape index (κ1) is 17.1. The van der Waals surface area contributed by atoms with E-state index in [2.05, 4.69) is 30.1 Å². The standard InChI is InChI=1S/C18H16N2S.C2H6/c1-13(14-7-3-2-4-8-14)12-20-18-16(11-19)15-9-5-6-10-17(15)21-18;1-2/h2-13,19H,1H3;1-2H3/b19-11?,20-12-;. The molecule has 0 fully saturated rings. The van der Waals surface area contributed by atoms with E-state index in [-0.39, 0.29) is 5.92 Å². The minimum absolute atomic E-state index is 0.259. The van der Waals surface area contributed by atoms with Gasteiger partial charge in [0.05, 0.1) is 0 Å². The summed E-state index contributed by atoms with van der Waals surface area (Å²) in [6.45, 7) is 6.14. The number of thiophene rings is 1. The molecule has 0 radical (unpaired) electrons. The Morgan fingerprint density at radius 3 is 2.35 bits per heavy atom. The maximum atomic E-state index is 7.64. The minimum atomic E-state index is 0.259. The molecule has 3 aromatic rings. The smallest absolute Gasteiger partial charge is 0.125 e. The van der Waals surface area contributed by atoms with Gasteiger partial charge in [-0.1, -0.05) is 69.3 Å². The lowest BCUT2D eigenvalue weighted by molar-refractivity contribution is 1.04. The number of nitrogens with one attached hydrogen (secondary N) is 1. The highest BCUT2D eigenvalue weighted by Crippen LogP contribution is 2.36. The van der Waals surface area contributed by atoms with Gasteiger partial charge in [-0.2, -0.15) is 0 Å². The van der Waals surface area contributed by atoms with E-state index < -0.39 is 0 Å². The van der Waals surface area contributed by atoms with Gasteiger partial charge in [-0.3, -0.25) is 0 Å². The molecule has 23 heavy (non-hydrogen) atoms. The Morgan fingerprint density at radius 2 is 1.65 bits per heavy atom. The maximum absolute atomic E-state index is 7.64.